The molecule has 2 aromatic carbocycles. The monoisotopic (exact) mass is 870 g/mol. The normalized spacial score (nSPS) is 39.9. The number of benzene rings is 2. The number of ketones is 1. The lowest BCUT2D eigenvalue weighted by atomic mass is 9.44. The average molecular weight is 871 g/mol. The van der Waals surface area contributed by atoms with Gasteiger partial charge in [-0.1, -0.05) is 128 Å². The molecule has 8 rings (SSSR count). The quantitative estimate of drug-likeness (QED) is 0.159. The Labute approximate surface area is 368 Å². The third kappa shape index (κ3) is 6.64. The summed E-state index contributed by atoms with van der Waals surface area (Å²) in [4.78, 5) is 25.9. The van der Waals surface area contributed by atoms with Crippen molar-refractivity contribution in [2.75, 3.05) is 6.61 Å². The highest BCUT2D eigenvalue weighted by atomic mass is 28.4. The van der Waals surface area contributed by atoms with E-state index in [1.165, 1.54) is 6.92 Å². The molecule has 61 heavy (non-hydrogen) atoms. The van der Waals surface area contributed by atoms with Crippen LogP contribution in [0.15, 0.2) is 72.3 Å². The summed E-state index contributed by atoms with van der Waals surface area (Å²) >= 11 is 0. The predicted molar refractivity (Wildman–Crippen MR) is 244 cm³/mol. The Morgan fingerprint density at radius 3 is 2.07 bits per heavy atom. The standard InChI is InChI=1S/C51H74O8Si2/c1-33-50(54)43(30-41-39-25-24-35-28-36(53)26-27-48(35,10)40(39)29-42(49(41,50)11)56-34(2)52)57-51(33)44(31-47(9,59-51)32-55-60(12,13)45(3,4)5)58-61(46(6,7)8,37-20-16-14-17-21-37)38-22-18-15-19-23-38/h14-23,30,33,35,39-40,42-44,54H,24-29,31-32H2,1-13H3/t33-,35-,39+,40-,42+,43-,44+,47-,48-,49+,50+,51-/m0/s1. The van der Waals surface area contributed by atoms with E-state index in [0.717, 1.165) is 35.2 Å². The summed E-state index contributed by atoms with van der Waals surface area (Å²) in [7, 11) is -5.38. The summed E-state index contributed by atoms with van der Waals surface area (Å²) in [5.41, 5.74) is -2.16. The molecule has 0 bridgehead atoms. The molecule has 2 aliphatic heterocycles. The second-order valence-electron chi connectivity index (χ2n) is 23.3. The van der Waals surface area contributed by atoms with Crippen molar-refractivity contribution in [3.8, 4) is 0 Å². The van der Waals surface area contributed by atoms with Gasteiger partial charge in [0.1, 0.15) is 29.7 Å². The molecule has 0 unspecified atom stereocenters. The van der Waals surface area contributed by atoms with Crippen LogP contribution in [0.4, 0.5) is 0 Å². The van der Waals surface area contributed by atoms with Gasteiger partial charge in [0.2, 0.25) is 5.79 Å². The summed E-state index contributed by atoms with van der Waals surface area (Å²) in [5, 5.41) is 16.0. The van der Waals surface area contributed by atoms with Crippen molar-refractivity contribution in [1.82, 2.24) is 0 Å². The van der Waals surface area contributed by atoms with Crippen LogP contribution in [0.2, 0.25) is 23.2 Å². The molecule has 0 radical (unpaired) electrons. The molecule has 334 valence electrons. The molecule has 10 heteroatoms. The number of fused-ring (bicyclic) bond motifs is 7. The van der Waals surface area contributed by atoms with Gasteiger partial charge in [0, 0.05) is 32.1 Å². The number of Topliss-reactive ketones (excluding diaryl/α,β-unsaturated/α-hetero) is 1. The third-order valence-corrected chi connectivity index (χ3v) is 27.4. The van der Waals surface area contributed by atoms with Gasteiger partial charge in [0.15, 0.2) is 8.32 Å². The predicted octanol–water partition coefficient (Wildman–Crippen LogP) is 9.28. The Kier molecular flexibility index (Phi) is 10.9. The highest BCUT2D eigenvalue weighted by Gasteiger charge is 2.80. The molecule has 1 spiro atoms. The van der Waals surface area contributed by atoms with E-state index < -0.39 is 63.3 Å². The van der Waals surface area contributed by atoms with Crippen molar-refractivity contribution in [3.63, 3.8) is 0 Å². The Morgan fingerprint density at radius 1 is 0.902 bits per heavy atom. The van der Waals surface area contributed by atoms with Gasteiger partial charge in [-0.15, -0.1) is 0 Å². The zero-order valence-corrected chi connectivity index (χ0v) is 41.4. The van der Waals surface area contributed by atoms with Gasteiger partial charge in [-0.2, -0.15) is 0 Å². The number of carbonyl (C=O) groups excluding carboxylic acids is 2. The molecule has 4 aliphatic carbocycles. The van der Waals surface area contributed by atoms with Crippen molar-refractivity contribution in [1.29, 1.82) is 0 Å². The fourth-order valence-corrected chi connectivity index (χ4v) is 19.1. The van der Waals surface area contributed by atoms with Gasteiger partial charge in [-0.25, -0.2) is 0 Å². The maximum Gasteiger partial charge on any atom is 0.302 e. The maximum atomic E-state index is 14.0. The highest BCUT2D eigenvalue weighted by Crippen LogP contribution is 2.72. The number of carbonyl (C=O) groups is 2. The molecule has 1 N–H and O–H groups in total. The van der Waals surface area contributed by atoms with Crippen LogP contribution in [0, 0.1) is 34.5 Å². The lowest BCUT2D eigenvalue weighted by molar-refractivity contribution is -0.277. The van der Waals surface area contributed by atoms with E-state index in [4.69, 9.17) is 23.1 Å². The zero-order chi connectivity index (χ0) is 44.4. The SMILES string of the molecule is CC(=O)O[C@@H]1C[C@H]2[C@@H](CC[C@H]3CC(=O)CC[C@@]32C)C2=C[C@@H]3O[C@]4(O[C@](C)(CO[Si](C)(C)C(C)(C)C)C[C@H]4O[Si](c4ccccc4)(c4ccccc4)C(C)(C)C)[C@@H](C)[C@]3(O)[C@]21C. The average Bonchev–Trinajstić information content (AvgIpc) is 3.69. The number of aliphatic hydroxyl groups is 1. The Balaban J connectivity index is 1.27. The fourth-order valence-electron chi connectivity index (χ4n) is 13.4. The van der Waals surface area contributed by atoms with Crippen LogP contribution in [0.3, 0.4) is 0 Å². The Bertz CT molecular complexity index is 2000. The fraction of sp³-hybridized carbons (Fsp3) is 0.686. The number of esters is 1. The van der Waals surface area contributed by atoms with Crippen LogP contribution < -0.4 is 10.4 Å². The van der Waals surface area contributed by atoms with Gasteiger partial charge in [-0.05, 0) is 96.2 Å². The first-order valence-electron chi connectivity index (χ1n) is 23.2. The number of hydrogen-bond donors (Lipinski definition) is 1. The van der Waals surface area contributed by atoms with E-state index in [1.54, 1.807) is 0 Å². The van der Waals surface area contributed by atoms with Gasteiger partial charge in [0.25, 0.3) is 8.32 Å². The minimum absolute atomic E-state index is 0.00246. The summed E-state index contributed by atoms with van der Waals surface area (Å²) in [5.74, 6) is -1.23. The topological polar surface area (TPSA) is 101 Å². The molecule has 2 saturated heterocycles. The molecule has 8 nitrogen and oxygen atoms in total. The van der Waals surface area contributed by atoms with Crippen LogP contribution in [0.5, 0.6) is 0 Å². The van der Waals surface area contributed by atoms with Gasteiger partial charge in [0.05, 0.1) is 17.6 Å². The molecule has 2 aromatic rings. The molecular weight excluding hydrogens is 797 g/mol. The summed E-state index contributed by atoms with van der Waals surface area (Å²) in [6, 6.07) is 21.4. The second kappa shape index (κ2) is 14.8. The van der Waals surface area contributed by atoms with E-state index in [0.29, 0.717) is 44.0 Å². The lowest BCUT2D eigenvalue weighted by Gasteiger charge is -2.61. The highest BCUT2D eigenvalue weighted by molar-refractivity contribution is 6.99. The molecule has 2 heterocycles. The maximum absolute atomic E-state index is 14.0. The van der Waals surface area contributed by atoms with Gasteiger partial charge in [-0.3, -0.25) is 9.59 Å². The Hall–Kier alpha value is -2.45. The van der Waals surface area contributed by atoms with E-state index in [1.807, 2.05) is 0 Å². The molecular formula is C51H74O8Si2. The van der Waals surface area contributed by atoms with E-state index >= 15 is 0 Å². The van der Waals surface area contributed by atoms with Crippen LogP contribution in [-0.4, -0.2) is 75.4 Å². The molecule has 3 saturated carbocycles. The van der Waals surface area contributed by atoms with E-state index in [-0.39, 0.29) is 33.3 Å². The smallest absolute Gasteiger partial charge is 0.302 e. The first-order valence-corrected chi connectivity index (χ1v) is 28.0. The first-order chi connectivity index (χ1) is 28.3. The van der Waals surface area contributed by atoms with E-state index in [2.05, 4.69) is 149 Å². The summed E-state index contributed by atoms with van der Waals surface area (Å²) < 4.78 is 36.6. The molecule has 6 aliphatic rings. The first kappa shape index (κ1) is 45.1. The lowest BCUT2D eigenvalue weighted by Crippen LogP contribution is -2.70. The van der Waals surface area contributed by atoms with Crippen molar-refractivity contribution in [3.05, 3.63) is 72.3 Å². The van der Waals surface area contributed by atoms with Crippen LogP contribution in [-0.2, 0) is 32.7 Å². The molecule has 0 aromatic heterocycles. The minimum Gasteiger partial charge on any atom is -0.462 e. The van der Waals surface area contributed by atoms with Crippen molar-refractivity contribution < 1.29 is 37.8 Å². The van der Waals surface area contributed by atoms with Crippen LogP contribution >= 0.6 is 0 Å². The molecule has 12 atom stereocenters. The minimum atomic E-state index is -3.17. The zero-order valence-electron chi connectivity index (χ0n) is 39.4. The van der Waals surface area contributed by atoms with Gasteiger partial charge < -0.3 is 28.2 Å². The van der Waals surface area contributed by atoms with Crippen LogP contribution in [0.1, 0.15) is 121 Å². The Morgan fingerprint density at radius 2 is 1.51 bits per heavy atom. The number of rotatable bonds is 8. The molecule has 0 amide bonds. The van der Waals surface area contributed by atoms with Gasteiger partial charge >= 0.3 is 5.97 Å². The number of ether oxygens (including phenoxy) is 3. The largest absolute Gasteiger partial charge is 0.462 e. The third-order valence-electron chi connectivity index (χ3n) is 17.9. The number of hydrogen-bond acceptors (Lipinski definition) is 8. The van der Waals surface area contributed by atoms with Crippen molar-refractivity contribution >= 4 is 38.8 Å². The molecule has 5 fully saturated rings. The van der Waals surface area contributed by atoms with Crippen molar-refractivity contribution in [2.24, 2.45) is 34.5 Å². The summed E-state index contributed by atoms with van der Waals surface area (Å²) in [6.07, 6.45) is 5.43. The second-order valence-corrected chi connectivity index (χ2v) is 32.3. The van der Waals surface area contributed by atoms with Crippen LogP contribution in [0.25, 0.3) is 0 Å². The van der Waals surface area contributed by atoms with E-state index in [9.17, 15) is 14.7 Å². The summed E-state index contributed by atoms with van der Waals surface area (Å²) in [6.45, 7) is 28.8. The van der Waals surface area contributed by atoms with Crippen molar-refractivity contribution in [2.45, 2.75) is 180 Å².